The van der Waals surface area contributed by atoms with Gasteiger partial charge in [-0.2, -0.15) is 0 Å². The van der Waals surface area contributed by atoms with E-state index < -0.39 is 0 Å². The molecule has 0 spiro atoms. The fraction of sp³-hybridized carbons (Fsp3) is 0.278. The number of carbonyl (C=O) groups is 1. The second-order valence-electron chi connectivity index (χ2n) is 5.41. The molecule has 21 heavy (non-hydrogen) atoms. The number of rotatable bonds is 5. The molecule has 2 nitrogen and oxygen atoms in total. The molecule has 0 fully saturated rings. The van der Waals surface area contributed by atoms with Crippen molar-refractivity contribution >= 4 is 19.4 Å². The number of ether oxygens (including phenoxy) is 1. The normalized spacial score (nSPS) is 11.3. The minimum absolute atomic E-state index is 0.146. The van der Waals surface area contributed by atoms with Crippen molar-refractivity contribution in [3.8, 4) is 5.75 Å². The molecule has 2 aromatic carbocycles. The average molecular weight is 300 g/mol. The number of aryl methyl sites for hydroxylation is 2. The summed E-state index contributed by atoms with van der Waals surface area (Å²) in [5, 5.41) is 1.04. The second-order valence-corrected chi connectivity index (χ2v) is 6.69. The Balaban J connectivity index is 2.13. The first-order valence-corrected chi connectivity index (χ1v) is 8.11. The first-order chi connectivity index (χ1) is 9.97. The van der Waals surface area contributed by atoms with Crippen LogP contribution in [0.2, 0.25) is 0 Å². The van der Waals surface area contributed by atoms with E-state index in [-0.39, 0.29) is 20.2 Å². The third-order valence-corrected chi connectivity index (χ3v) is 4.29. The molecular formula is C18H21O2P. The minimum atomic E-state index is 0.146. The third kappa shape index (κ3) is 4.15. The van der Waals surface area contributed by atoms with Crippen LogP contribution < -0.4 is 10.0 Å². The molecule has 0 bridgehead atoms. The summed E-state index contributed by atoms with van der Waals surface area (Å²) in [4.78, 5) is 12.5. The molecule has 2 aromatic rings. The summed E-state index contributed by atoms with van der Waals surface area (Å²) >= 11 is 0. The van der Waals surface area contributed by atoms with Gasteiger partial charge in [-0.3, -0.25) is 4.79 Å². The molecule has 0 heterocycles. The zero-order chi connectivity index (χ0) is 15.4. The Morgan fingerprint density at radius 2 is 1.57 bits per heavy atom. The van der Waals surface area contributed by atoms with Crippen molar-refractivity contribution in [2.45, 2.75) is 33.8 Å². The van der Waals surface area contributed by atoms with E-state index in [9.17, 15) is 4.79 Å². The fourth-order valence-electron chi connectivity index (χ4n) is 2.26. The predicted octanol–water partition coefficient (Wildman–Crippen LogP) is 4.23. The maximum absolute atomic E-state index is 12.5. The molecule has 0 aliphatic carbocycles. The van der Waals surface area contributed by atoms with Gasteiger partial charge in [0.15, 0.2) is 5.52 Å². The summed E-state index contributed by atoms with van der Waals surface area (Å²) in [6.45, 7) is 7.98. The molecule has 2 rings (SSSR count). The van der Waals surface area contributed by atoms with E-state index in [2.05, 4.69) is 0 Å². The first kappa shape index (κ1) is 15.7. The average Bonchev–Trinajstić information content (AvgIpc) is 2.40. The van der Waals surface area contributed by atoms with E-state index in [0.29, 0.717) is 0 Å². The fourth-order valence-corrected chi connectivity index (χ4v) is 3.37. The summed E-state index contributed by atoms with van der Waals surface area (Å²) in [5.74, 6) is 0.845. The molecule has 0 aromatic heterocycles. The third-order valence-electron chi connectivity index (χ3n) is 3.19. The van der Waals surface area contributed by atoms with Crippen molar-refractivity contribution in [2.24, 2.45) is 0 Å². The van der Waals surface area contributed by atoms with Gasteiger partial charge in [-0.15, -0.1) is 0 Å². The van der Waals surface area contributed by atoms with E-state index in [0.717, 1.165) is 27.7 Å². The molecular weight excluding hydrogens is 279 g/mol. The van der Waals surface area contributed by atoms with Crippen molar-refractivity contribution < 1.29 is 9.53 Å². The Kier molecular flexibility index (Phi) is 5.14. The highest BCUT2D eigenvalue weighted by Crippen LogP contribution is 2.24. The van der Waals surface area contributed by atoms with E-state index >= 15 is 0 Å². The van der Waals surface area contributed by atoms with E-state index in [1.165, 1.54) is 0 Å². The van der Waals surface area contributed by atoms with Crippen LogP contribution in [0.4, 0.5) is 0 Å². The minimum Gasteiger partial charge on any atom is -0.491 e. The van der Waals surface area contributed by atoms with Crippen LogP contribution in [-0.2, 0) is 0 Å². The molecule has 1 atom stereocenters. The Hall–Kier alpha value is -1.66. The van der Waals surface area contributed by atoms with E-state index in [1.54, 1.807) is 0 Å². The summed E-state index contributed by atoms with van der Waals surface area (Å²) < 4.78 is 5.62. The van der Waals surface area contributed by atoms with Gasteiger partial charge in [0.05, 0.1) is 6.10 Å². The Labute approximate surface area is 128 Å². The van der Waals surface area contributed by atoms with Gasteiger partial charge >= 0.3 is 0 Å². The van der Waals surface area contributed by atoms with Crippen LogP contribution >= 0.6 is 8.58 Å². The van der Waals surface area contributed by atoms with Gasteiger partial charge in [0.1, 0.15) is 5.75 Å². The molecule has 110 valence electrons. The number of benzene rings is 2. The molecule has 0 radical (unpaired) electrons. The van der Waals surface area contributed by atoms with Gasteiger partial charge in [0, 0.05) is 5.56 Å². The van der Waals surface area contributed by atoms with Crippen LogP contribution in [0.25, 0.3) is 0 Å². The van der Waals surface area contributed by atoms with Crippen molar-refractivity contribution in [3.05, 3.63) is 59.2 Å². The summed E-state index contributed by atoms with van der Waals surface area (Å²) in [5.41, 5.74) is 3.15. The topological polar surface area (TPSA) is 26.3 Å². The molecule has 0 N–H and O–H groups in total. The molecule has 3 heteroatoms. The highest BCUT2D eigenvalue weighted by atomic mass is 31.1. The summed E-state index contributed by atoms with van der Waals surface area (Å²) in [7, 11) is 0.146. The molecule has 1 unspecified atom stereocenters. The van der Waals surface area contributed by atoms with Crippen molar-refractivity contribution in [3.63, 3.8) is 0 Å². The lowest BCUT2D eigenvalue weighted by Gasteiger charge is -2.11. The van der Waals surface area contributed by atoms with Crippen LogP contribution in [-0.4, -0.2) is 11.6 Å². The van der Waals surface area contributed by atoms with Gasteiger partial charge < -0.3 is 4.74 Å². The van der Waals surface area contributed by atoms with Crippen LogP contribution in [0.1, 0.15) is 35.3 Å². The SMILES string of the molecule is Cc1cccc(C)c1C(=O)Pc1ccc(OC(C)C)cc1. The number of carbonyl (C=O) groups excluding carboxylic acids is 1. The standard InChI is InChI=1S/C18H21O2P/c1-12(2)20-15-8-10-16(11-9-15)21-18(19)17-13(3)6-5-7-14(17)4/h5-12,21H,1-4H3. The van der Waals surface area contributed by atoms with Crippen LogP contribution in [0.5, 0.6) is 5.75 Å². The van der Waals surface area contributed by atoms with Gasteiger partial charge in [-0.1, -0.05) is 30.3 Å². The maximum Gasteiger partial charge on any atom is 0.186 e. The quantitative estimate of drug-likeness (QED) is 0.772. The molecule has 0 saturated heterocycles. The van der Waals surface area contributed by atoms with Gasteiger partial charge in [-0.05, 0) is 64.8 Å². The predicted molar refractivity (Wildman–Crippen MR) is 90.4 cm³/mol. The lowest BCUT2D eigenvalue weighted by molar-refractivity contribution is 0.108. The maximum atomic E-state index is 12.5. The van der Waals surface area contributed by atoms with Crippen molar-refractivity contribution in [2.75, 3.05) is 0 Å². The first-order valence-electron chi connectivity index (χ1n) is 7.11. The lowest BCUT2D eigenvalue weighted by atomic mass is 10.0. The Morgan fingerprint density at radius 1 is 1.00 bits per heavy atom. The largest absolute Gasteiger partial charge is 0.491 e. The zero-order valence-electron chi connectivity index (χ0n) is 12.9. The highest BCUT2D eigenvalue weighted by Gasteiger charge is 2.12. The van der Waals surface area contributed by atoms with E-state index in [1.807, 2.05) is 70.2 Å². The molecule has 0 amide bonds. The summed E-state index contributed by atoms with van der Waals surface area (Å²) in [6, 6.07) is 13.8. The number of hydrogen-bond acceptors (Lipinski definition) is 2. The van der Waals surface area contributed by atoms with Gasteiger partial charge in [0.25, 0.3) is 0 Å². The van der Waals surface area contributed by atoms with Crippen LogP contribution in [0, 0.1) is 13.8 Å². The van der Waals surface area contributed by atoms with Crippen LogP contribution in [0.15, 0.2) is 42.5 Å². The number of hydrogen-bond donors (Lipinski definition) is 0. The van der Waals surface area contributed by atoms with Crippen molar-refractivity contribution in [1.82, 2.24) is 0 Å². The van der Waals surface area contributed by atoms with Gasteiger partial charge in [0.2, 0.25) is 0 Å². The Bertz CT molecular complexity index is 610. The molecule has 0 aliphatic rings. The lowest BCUT2D eigenvalue weighted by Crippen LogP contribution is -2.07. The van der Waals surface area contributed by atoms with Crippen LogP contribution in [0.3, 0.4) is 0 Å². The monoisotopic (exact) mass is 300 g/mol. The summed E-state index contributed by atoms with van der Waals surface area (Å²) in [6.07, 6.45) is 0.162. The second kappa shape index (κ2) is 6.87. The highest BCUT2D eigenvalue weighted by molar-refractivity contribution is 7.66. The zero-order valence-corrected chi connectivity index (χ0v) is 13.9. The Morgan fingerprint density at radius 3 is 2.10 bits per heavy atom. The molecule has 0 saturated carbocycles. The molecule has 0 aliphatic heterocycles. The van der Waals surface area contributed by atoms with Gasteiger partial charge in [-0.25, -0.2) is 0 Å². The van der Waals surface area contributed by atoms with E-state index in [4.69, 9.17) is 4.74 Å². The smallest absolute Gasteiger partial charge is 0.186 e. The van der Waals surface area contributed by atoms with Crippen molar-refractivity contribution in [1.29, 1.82) is 0 Å².